The highest BCUT2D eigenvalue weighted by molar-refractivity contribution is 7.74. The van der Waals surface area contributed by atoms with Gasteiger partial charge < -0.3 is 14.0 Å². The second-order valence-electron chi connectivity index (χ2n) is 6.19. The first kappa shape index (κ1) is 17.1. The lowest BCUT2D eigenvalue weighted by Crippen LogP contribution is -2.43. The van der Waals surface area contributed by atoms with Crippen molar-refractivity contribution >= 4 is 23.3 Å². The summed E-state index contributed by atoms with van der Waals surface area (Å²) < 4.78 is 36.7. The number of ether oxygens (including phenoxy) is 2. The fraction of sp³-hybridized carbons (Fsp3) is 0.714. The van der Waals surface area contributed by atoms with Crippen molar-refractivity contribution < 1.29 is 32.0 Å². The van der Waals surface area contributed by atoms with Crippen LogP contribution in [0.2, 0.25) is 0 Å². The average Bonchev–Trinajstić information content (AvgIpc) is 2.92. The molecule has 2 saturated carbocycles. The third kappa shape index (κ3) is 3.56. The normalized spacial score (nSPS) is 34.2. The second kappa shape index (κ2) is 6.47. The molecular formula is C14H19O7S-. The van der Waals surface area contributed by atoms with E-state index in [-0.39, 0.29) is 16.9 Å². The fourth-order valence-corrected chi connectivity index (χ4v) is 3.86. The van der Waals surface area contributed by atoms with Crippen molar-refractivity contribution in [3.8, 4) is 0 Å². The zero-order chi connectivity index (χ0) is 16.5. The highest BCUT2D eigenvalue weighted by Gasteiger charge is 2.58. The highest BCUT2D eigenvalue weighted by Crippen LogP contribution is 2.56. The van der Waals surface area contributed by atoms with Gasteiger partial charge in [0.1, 0.15) is 12.2 Å². The molecule has 0 N–H and O–H groups in total. The molecule has 0 radical (unpaired) electrons. The Hall–Kier alpha value is -1.25. The summed E-state index contributed by atoms with van der Waals surface area (Å²) in [5.41, 5.74) is -0.132. The van der Waals surface area contributed by atoms with Gasteiger partial charge in [0.05, 0.1) is 11.4 Å². The van der Waals surface area contributed by atoms with Crippen molar-refractivity contribution in [2.45, 2.75) is 45.3 Å². The van der Waals surface area contributed by atoms with Gasteiger partial charge in [-0.3, -0.25) is 4.18 Å². The Morgan fingerprint density at radius 3 is 2.73 bits per heavy atom. The lowest BCUT2D eigenvalue weighted by molar-refractivity contribution is -0.168. The number of rotatable bonds is 6. The quantitative estimate of drug-likeness (QED) is 0.407. The molecule has 7 nitrogen and oxygen atoms in total. The smallest absolute Gasteiger partial charge is 0.344 e. The Balaban J connectivity index is 1.95. The molecule has 0 aromatic rings. The van der Waals surface area contributed by atoms with E-state index in [0.717, 1.165) is 19.3 Å². The Morgan fingerprint density at radius 1 is 1.45 bits per heavy atom. The van der Waals surface area contributed by atoms with Gasteiger partial charge in [0, 0.05) is 5.57 Å². The number of hydrogen-bond donors (Lipinski definition) is 0. The van der Waals surface area contributed by atoms with Gasteiger partial charge in [0.15, 0.2) is 6.61 Å². The van der Waals surface area contributed by atoms with Crippen molar-refractivity contribution in [2.75, 3.05) is 6.61 Å². The fourth-order valence-electron chi connectivity index (χ4n) is 3.35. The van der Waals surface area contributed by atoms with E-state index in [2.05, 4.69) is 6.58 Å². The number of carbonyl (C=O) groups excluding carboxylic acids is 2. The summed E-state index contributed by atoms with van der Waals surface area (Å²) in [5, 5.41) is 0. The Morgan fingerprint density at radius 2 is 2.14 bits per heavy atom. The number of fused-ring (bicyclic) bond motifs is 2. The molecule has 2 bridgehead atoms. The van der Waals surface area contributed by atoms with Crippen LogP contribution in [0, 0.1) is 11.3 Å². The lowest BCUT2D eigenvalue weighted by atomic mass is 9.83. The largest absolute Gasteiger partial charge is 0.750 e. The maximum atomic E-state index is 11.8. The number of esters is 2. The van der Waals surface area contributed by atoms with Crippen LogP contribution in [0.15, 0.2) is 12.2 Å². The van der Waals surface area contributed by atoms with Crippen LogP contribution in [0.4, 0.5) is 0 Å². The molecule has 2 fully saturated rings. The third-order valence-corrected chi connectivity index (χ3v) is 4.75. The molecule has 22 heavy (non-hydrogen) atoms. The van der Waals surface area contributed by atoms with Crippen LogP contribution in [0.1, 0.15) is 33.1 Å². The molecule has 5 unspecified atom stereocenters. The first-order valence-electron chi connectivity index (χ1n) is 7.01. The third-order valence-electron chi connectivity index (χ3n) is 4.38. The van der Waals surface area contributed by atoms with Crippen LogP contribution in [0.5, 0.6) is 0 Å². The minimum atomic E-state index is -2.67. The molecule has 0 heterocycles. The predicted octanol–water partition coefficient (Wildman–Crippen LogP) is 1.02. The van der Waals surface area contributed by atoms with Crippen LogP contribution in [0.25, 0.3) is 0 Å². The van der Waals surface area contributed by atoms with Gasteiger partial charge in [-0.05, 0) is 37.5 Å². The molecule has 0 saturated heterocycles. The summed E-state index contributed by atoms with van der Waals surface area (Å²) in [5.74, 6) is -1.33. The Bertz CT molecular complexity index is 517. The standard InChI is InChI=1S/C14H20O7S/c1-8(2)13(16)19-7-10(15)20-11-9-4-5-14(3,6-9)12(11)21-22(17)18/h9,11-12H,1,4-7H2,2-3H3,(H,17,18)/p-1. The van der Waals surface area contributed by atoms with Crippen molar-refractivity contribution in [3.05, 3.63) is 12.2 Å². The average molecular weight is 331 g/mol. The molecule has 0 amide bonds. The highest BCUT2D eigenvalue weighted by atomic mass is 32.2. The van der Waals surface area contributed by atoms with Gasteiger partial charge in [0.2, 0.25) is 0 Å². The van der Waals surface area contributed by atoms with Gasteiger partial charge in [-0.25, -0.2) is 13.8 Å². The molecule has 2 aliphatic rings. The van der Waals surface area contributed by atoms with E-state index in [1.807, 2.05) is 6.92 Å². The van der Waals surface area contributed by atoms with Crippen molar-refractivity contribution in [2.24, 2.45) is 11.3 Å². The molecule has 124 valence electrons. The predicted molar refractivity (Wildman–Crippen MR) is 74.9 cm³/mol. The zero-order valence-corrected chi connectivity index (χ0v) is 13.4. The first-order valence-corrected chi connectivity index (χ1v) is 8.01. The maximum absolute atomic E-state index is 11.8. The summed E-state index contributed by atoms with van der Waals surface area (Å²) in [6, 6.07) is 0. The van der Waals surface area contributed by atoms with Gasteiger partial charge in [-0.15, -0.1) is 0 Å². The minimum absolute atomic E-state index is 0.0688. The Labute approximate surface area is 131 Å². The van der Waals surface area contributed by atoms with Crippen molar-refractivity contribution in [1.29, 1.82) is 0 Å². The second-order valence-corrected chi connectivity index (χ2v) is 6.79. The summed E-state index contributed by atoms with van der Waals surface area (Å²) >= 11 is -2.67. The van der Waals surface area contributed by atoms with E-state index in [4.69, 9.17) is 13.7 Å². The summed E-state index contributed by atoms with van der Waals surface area (Å²) in [4.78, 5) is 23.0. The van der Waals surface area contributed by atoms with Crippen molar-refractivity contribution in [1.82, 2.24) is 0 Å². The van der Waals surface area contributed by atoms with Crippen LogP contribution in [-0.4, -0.2) is 39.5 Å². The molecule has 0 spiro atoms. The molecule has 5 atom stereocenters. The van der Waals surface area contributed by atoms with E-state index in [1.54, 1.807) is 0 Å². The van der Waals surface area contributed by atoms with Crippen LogP contribution >= 0.6 is 0 Å². The topological polar surface area (TPSA) is 102 Å². The lowest BCUT2D eigenvalue weighted by Gasteiger charge is -2.36. The van der Waals surface area contributed by atoms with Gasteiger partial charge >= 0.3 is 11.9 Å². The molecule has 0 aliphatic heterocycles. The molecule has 0 aromatic carbocycles. The monoisotopic (exact) mass is 331 g/mol. The molecule has 0 aromatic heterocycles. The van der Waals surface area contributed by atoms with E-state index in [1.165, 1.54) is 6.92 Å². The van der Waals surface area contributed by atoms with E-state index >= 15 is 0 Å². The minimum Gasteiger partial charge on any atom is -0.750 e. The summed E-state index contributed by atoms with van der Waals surface area (Å²) in [7, 11) is 0. The van der Waals surface area contributed by atoms with E-state index in [9.17, 15) is 18.4 Å². The maximum Gasteiger partial charge on any atom is 0.344 e. The van der Waals surface area contributed by atoms with Crippen molar-refractivity contribution in [3.63, 3.8) is 0 Å². The summed E-state index contributed by atoms with van der Waals surface area (Å²) in [6.07, 6.45) is 1.11. The molecule has 8 heteroatoms. The van der Waals surface area contributed by atoms with E-state index in [0.29, 0.717) is 0 Å². The van der Waals surface area contributed by atoms with Crippen LogP contribution in [-0.2, 0) is 34.6 Å². The molecule has 2 rings (SSSR count). The van der Waals surface area contributed by atoms with Gasteiger partial charge in [-0.2, -0.15) is 0 Å². The molecular weight excluding hydrogens is 312 g/mol. The SMILES string of the molecule is C=C(C)C(=O)OCC(=O)OC1C2CCC(C)(C2)C1OS(=O)[O-]. The zero-order valence-electron chi connectivity index (χ0n) is 12.5. The number of carbonyl (C=O) groups is 2. The number of hydrogen-bond acceptors (Lipinski definition) is 7. The van der Waals surface area contributed by atoms with Gasteiger partial charge in [-0.1, -0.05) is 13.5 Å². The summed E-state index contributed by atoms with van der Waals surface area (Å²) in [6.45, 7) is 6.28. The van der Waals surface area contributed by atoms with Crippen LogP contribution in [0.3, 0.4) is 0 Å². The first-order chi connectivity index (χ1) is 10.2. The molecule has 2 aliphatic carbocycles. The van der Waals surface area contributed by atoms with Gasteiger partial charge in [0.25, 0.3) is 0 Å². The Kier molecular flexibility index (Phi) is 5.03. The van der Waals surface area contributed by atoms with Crippen LogP contribution < -0.4 is 0 Å². The van der Waals surface area contributed by atoms with E-state index < -0.39 is 42.1 Å².